The highest BCUT2D eigenvalue weighted by atomic mass is 32.2. The van der Waals surface area contributed by atoms with Crippen LogP contribution in [0.5, 0.6) is 0 Å². The summed E-state index contributed by atoms with van der Waals surface area (Å²) < 4.78 is 24.6. The molecule has 1 aromatic rings. The average molecular weight is 312 g/mol. The third-order valence-corrected chi connectivity index (χ3v) is 4.47. The summed E-state index contributed by atoms with van der Waals surface area (Å²) in [6.07, 6.45) is 3.57. The Morgan fingerprint density at radius 2 is 1.90 bits per heavy atom. The maximum Gasteiger partial charge on any atom is 0.239 e. The van der Waals surface area contributed by atoms with E-state index in [0.29, 0.717) is 6.54 Å². The van der Waals surface area contributed by atoms with E-state index in [1.807, 2.05) is 38.1 Å². The predicted octanol–water partition coefficient (Wildman–Crippen LogP) is 2.25. The number of para-hydroxylation sites is 1. The zero-order chi connectivity index (χ0) is 15.9. The van der Waals surface area contributed by atoms with Crippen LogP contribution in [0.3, 0.4) is 0 Å². The van der Waals surface area contributed by atoms with Gasteiger partial charge in [0.25, 0.3) is 0 Å². The molecule has 0 radical (unpaired) electrons. The van der Waals surface area contributed by atoms with Crippen LogP contribution < -0.4 is 5.32 Å². The zero-order valence-corrected chi connectivity index (χ0v) is 13.7. The molecular formula is C15H24N2O3S. The molecule has 0 heterocycles. The van der Waals surface area contributed by atoms with Crippen LogP contribution in [0, 0.1) is 0 Å². The molecule has 118 valence electrons. The van der Waals surface area contributed by atoms with E-state index in [0.717, 1.165) is 36.8 Å². The van der Waals surface area contributed by atoms with Gasteiger partial charge in [-0.25, -0.2) is 8.42 Å². The molecule has 0 saturated carbocycles. The minimum atomic E-state index is -3.37. The minimum Gasteiger partial charge on any atom is -0.325 e. The van der Waals surface area contributed by atoms with Gasteiger partial charge in [-0.15, -0.1) is 0 Å². The van der Waals surface area contributed by atoms with E-state index >= 15 is 0 Å². The molecular weight excluding hydrogens is 288 g/mol. The molecule has 6 heteroatoms. The highest BCUT2D eigenvalue weighted by Gasteiger charge is 2.19. The van der Waals surface area contributed by atoms with Crippen molar-refractivity contribution in [1.82, 2.24) is 4.31 Å². The molecule has 0 aromatic heterocycles. The van der Waals surface area contributed by atoms with Gasteiger partial charge in [0.1, 0.15) is 0 Å². The van der Waals surface area contributed by atoms with Gasteiger partial charge in [0, 0.05) is 12.2 Å². The molecule has 0 unspecified atom stereocenters. The first-order valence-electron chi connectivity index (χ1n) is 7.21. The van der Waals surface area contributed by atoms with Crippen molar-refractivity contribution in [3.05, 3.63) is 29.8 Å². The summed E-state index contributed by atoms with van der Waals surface area (Å²) in [6.45, 7) is 4.22. The van der Waals surface area contributed by atoms with Gasteiger partial charge in [-0.1, -0.05) is 38.5 Å². The Labute approximate surface area is 127 Å². The second-order valence-corrected chi connectivity index (χ2v) is 6.99. The van der Waals surface area contributed by atoms with Crippen LogP contribution in [-0.4, -0.2) is 38.0 Å². The van der Waals surface area contributed by atoms with Crippen LogP contribution in [0.4, 0.5) is 5.69 Å². The lowest BCUT2D eigenvalue weighted by molar-refractivity contribution is -0.116. The number of aryl methyl sites for hydroxylation is 1. The van der Waals surface area contributed by atoms with E-state index in [4.69, 9.17) is 0 Å². The van der Waals surface area contributed by atoms with Crippen molar-refractivity contribution in [2.75, 3.05) is 24.7 Å². The normalized spacial score (nSPS) is 11.6. The van der Waals surface area contributed by atoms with Crippen LogP contribution in [0.15, 0.2) is 24.3 Å². The Bertz CT molecular complexity index is 570. The van der Waals surface area contributed by atoms with E-state index in [-0.39, 0.29) is 12.5 Å². The third-order valence-electron chi connectivity index (χ3n) is 3.22. The number of rotatable bonds is 8. The Hall–Kier alpha value is -1.40. The van der Waals surface area contributed by atoms with Gasteiger partial charge in [0.05, 0.1) is 12.8 Å². The van der Waals surface area contributed by atoms with Gasteiger partial charge in [-0.05, 0) is 24.5 Å². The first-order chi connectivity index (χ1) is 9.88. The average Bonchev–Trinajstić information content (AvgIpc) is 2.42. The number of hydrogen-bond donors (Lipinski definition) is 1. The molecule has 0 aliphatic heterocycles. The van der Waals surface area contributed by atoms with Crippen LogP contribution in [0.25, 0.3) is 0 Å². The van der Waals surface area contributed by atoms with E-state index in [1.54, 1.807) is 0 Å². The van der Waals surface area contributed by atoms with Crippen molar-refractivity contribution in [3.8, 4) is 0 Å². The summed E-state index contributed by atoms with van der Waals surface area (Å²) in [7, 11) is -3.37. The van der Waals surface area contributed by atoms with Crippen LogP contribution in [-0.2, 0) is 21.2 Å². The molecule has 1 rings (SSSR count). The number of nitrogens with one attached hydrogen (secondary N) is 1. The van der Waals surface area contributed by atoms with Gasteiger partial charge in [0.2, 0.25) is 15.9 Å². The fourth-order valence-corrected chi connectivity index (χ4v) is 2.81. The number of anilines is 1. The number of nitrogens with zero attached hydrogens (tertiary/aromatic N) is 1. The van der Waals surface area contributed by atoms with Gasteiger partial charge in [0.15, 0.2) is 0 Å². The van der Waals surface area contributed by atoms with Gasteiger partial charge >= 0.3 is 0 Å². The molecule has 1 aromatic carbocycles. The molecule has 5 nitrogen and oxygen atoms in total. The van der Waals surface area contributed by atoms with Crippen molar-refractivity contribution in [2.24, 2.45) is 0 Å². The van der Waals surface area contributed by atoms with Gasteiger partial charge < -0.3 is 5.32 Å². The van der Waals surface area contributed by atoms with Crippen molar-refractivity contribution in [3.63, 3.8) is 0 Å². The van der Waals surface area contributed by atoms with Crippen molar-refractivity contribution in [2.45, 2.75) is 33.1 Å². The van der Waals surface area contributed by atoms with Crippen LogP contribution in [0.2, 0.25) is 0 Å². The number of hydrogen-bond acceptors (Lipinski definition) is 3. The second-order valence-electron chi connectivity index (χ2n) is 5.01. The molecule has 1 N–H and O–H groups in total. The number of sulfonamides is 1. The smallest absolute Gasteiger partial charge is 0.239 e. The standard InChI is InChI=1S/C15H24N2O3S/c1-4-6-11-17(21(3,19)20)12-15(18)16-14-10-8-7-9-13(14)5-2/h7-10H,4-6,11-12H2,1-3H3,(H,16,18). The number of carbonyl (C=O) groups is 1. The molecule has 0 atom stereocenters. The molecule has 0 saturated heterocycles. The number of unbranched alkanes of at least 4 members (excludes halogenated alkanes) is 1. The topological polar surface area (TPSA) is 66.5 Å². The first-order valence-corrected chi connectivity index (χ1v) is 9.06. The molecule has 0 fully saturated rings. The lowest BCUT2D eigenvalue weighted by atomic mass is 10.1. The summed E-state index contributed by atoms with van der Waals surface area (Å²) in [6, 6.07) is 7.54. The zero-order valence-electron chi connectivity index (χ0n) is 12.9. The van der Waals surface area contributed by atoms with Crippen LogP contribution in [0.1, 0.15) is 32.3 Å². The lowest BCUT2D eigenvalue weighted by Gasteiger charge is -2.19. The quantitative estimate of drug-likeness (QED) is 0.800. The predicted molar refractivity (Wildman–Crippen MR) is 85.8 cm³/mol. The fourth-order valence-electron chi connectivity index (χ4n) is 2.00. The van der Waals surface area contributed by atoms with Crippen LogP contribution >= 0.6 is 0 Å². The Morgan fingerprint density at radius 3 is 2.48 bits per heavy atom. The molecule has 0 aliphatic rings. The molecule has 21 heavy (non-hydrogen) atoms. The highest BCUT2D eigenvalue weighted by Crippen LogP contribution is 2.15. The Kier molecular flexibility index (Phi) is 6.84. The molecule has 0 spiro atoms. The minimum absolute atomic E-state index is 0.142. The largest absolute Gasteiger partial charge is 0.325 e. The van der Waals surface area contributed by atoms with E-state index in [1.165, 1.54) is 4.31 Å². The number of amides is 1. The highest BCUT2D eigenvalue weighted by molar-refractivity contribution is 7.88. The molecule has 0 aliphatic carbocycles. The van der Waals surface area contributed by atoms with Crippen molar-refractivity contribution in [1.29, 1.82) is 0 Å². The van der Waals surface area contributed by atoms with E-state index < -0.39 is 10.0 Å². The van der Waals surface area contributed by atoms with Gasteiger partial charge in [-0.2, -0.15) is 4.31 Å². The Morgan fingerprint density at radius 1 is 1.24 bits per heavy atom. The summed E-state index contributed by atoms with van der Waals surface area (Å²) >= 11 is 0. The maximum atomic E-state index is 12.1. The van der Waals surface area contributed by atoms with E-state index in [2.05, 4.69) is 5.32 Å². The van der Waals surface area contributed by atoms with E-state index in [9.17, 15) is 13.2 Å². The lowest BCUT2D eigenvalue weighted by Crippen LogP contribution is -2.38. The fraction of sp³-hybridized carbons (Fsp3) is 0.533. The van der Waals surface area contributed by atoms with Crippen molar-refractivity contribution >= 4 is 21.6 Å². The molecule has 1 amide bonds. The number of carbonyl (C=O) groups excluding carboxylic acids is 1. The third kappa shape index (κ3) is 5.85. The summed E-state index contributed by atoms with van der Waals surface area (Å²) in [5.41, 5.74) is 1.78. The Balaban J connectivity index is 2.74. The monoisotopic (exact) mass is 312 g/mol. The first kappa shape index (κ1) is 17.7. The summed E-state index contributed by atoms with van der Waals surface area (Å²) in [4.78, 5) is 12.1. The summed E-state index contributed by atoms with van der Waals surface area (Å²) in [5, 5.41) is 2.80. The van der Waals surface area contributed by atoms with Crippen molar-refractivity contribution < 1.29 is 13.2 Å². The summed E-state index contributed by atoms with van der Waals surface area (Å²) in [5.74, 6) is -0.308. The second kappa shape index (κ2) is 8.14. The molecule has 0 bridgehead atoms. The van der Waals surface area contributed by atoms with Gasteiger partial charge in [-0.3, -0.25) is 4.79 Å². The maximum absolute atomic E-state index is 12.1. The SMILES string of the molecule is CCCCN(CC(=O)Nc1ccccc1CC)S(C)(=O)=O. The number of benzene rings is 1.